The van der Waals surface area contributed by atoms with Gasteiger partial charge in [-0.2, -0.15) is 0 Å². The number of carboxylic acids is 1. The second kappa shape index (κ2) is 14.4. The fraction of sp³-hybridized carbons (Fsp3) is 0.722. The minimum absolute atomic E-state index is 0.210. The molecule has 0 aromatic rings. The van der Waals surface area contributed by atoms with Gasteiger partial charge >= 0.3 is 5.97 Å². The summed E-state index contributed by atoms with van der Waals surface area (Å²) in [6.45, 7) is 2.02. The molecule has 0 spiro atoms. The third kappa shape index (κ3) is 14.2. The van der Waals surface area contributed by atoms with Crippen molar-refractivity contribution in [2.24, 2.45) is 0 Å². The highest BCUT2D eigenvalue weighted by molar-refractivity contribution is 5.66. The third-order valence-corrected chi connectivity index (χ3v) is 3.60. The molecular formula is C18H32O5. The minimum Gasteiger partial charge on any atom is -0.481 e. The molecule has 0 aromatic carbocycles. The zero-order valence-electron chi connectivity index (χ0n) is 14.1. The molecule has 0 aliphatic carbocycles. The summed E-state index contributed by atoms with van der Waals surface area (Å²) < 4.78 is 0. The summed E-state index contributed by atoms with van der Waals surface area (Å²) in [5.41, 5.74) is 0. The molecular weight excluding hydrogens is 296 g/mol. The van der Waals surface area contributed by atoms with E-state index < -0.39 is 24.3 Å². The predicted octanol–water partition coefficient (Wildman–Crippen LogP) is 2.80. The Labute approximate surface area is 139 Å². The Balaban J connectivity index is 3.74. The molecule has 0 saturated heterocycles. The van der Waals surface area contributed by atoms with Crippen molar-refractivity contribution >= 4 is 5.97 Å². The first-order valence-electron chi connectivity index (χ1n) is 8.56. The molecule has 23 heavy (non-hydrogen) atoms. The number of carboxylic acid groups (broad SMARTS) is 1. The monoisotopic (exact) mass is 328 g/mol. The van der Waals surface area contributed by atoms with Crippen molar-refractivity contribution in [3.63, 3.8) is 0 Å². The summed E-state index contributed by atoms with van der Waals surface area (Å²) in [6.07, 6.45) is 10.7. The molecule has 0 amide bonds. The summed E-state index contributed by atoms with van der Waals surface area (Å²) in [5.74, 6) is -0.761. The molecule has 3 unspecified atom stereocenters. The number of hydrogen-bond acceptors (Lipinski definition) is 4. The van der Waals surface area contributed by atoms with Gasteiger partial charge < -0.3 is 20.4 Å². The van der Waals surface area contributed by atoms with Crippen molar-refractivity contribution in [3.8, 4) is 0 Å². The number of aliphatic hydroxyl groups is 3. The van der Waals surface area contributed by atoms with E-state index in [1.165, 1.54) is 12.2 Å². The lowest BCUT2D eigenvalue weighted by Gasteiger charge is -2.14. The summed E-state index contributed by atoms with van der Waals surface area (Å²) in [6, 6.07) is 0. The standard InChI is InChI=1S/C18H32O5/c1-2-3-7-10-15(19)13-14-17(21)16(20)11-8-5-4-6-9-12-18(22)23/h3,7,13-17,19-21H,2,4-6,8-12H2,1H3,(H,22,23)/b7-3+,14-13+. The molecule has 134 valence electrons. The molecule has 0 bridgehead atoms. The van der Waals surface area contributed by atoms with E-state index in [4.69, 9.17) is 5.11 Å². The highest BCUT2D eigenvalue weighted by Gasteiger charge is 2.13. The van der Waals surface area contributed by atoms with Gasteiger partial charge in [0.1, 0.15) is 0 Å². The van der Waals surface area contributed by atoms with Crippen LogP contribution < -0.4 is 0 Å². The summed E-state index contributed by atoms with van der Waals surface area (Å²) in [7, 11) is 0. The van der Waals surface area contributed by atoms with Crippen LogP contribution in [0.4, 0.5) is 0 Å². The van der Waals surface area contributed by atoms with Gasteiger partial charge in [-0.15, -0.1) is 0 Å². The van der Waals surface area contributed by atoms with E-state index in [-0.39, 0.29) is 6.42 Å². The first-order valence-corrected chi connectivity index (χ1v) is 8.56. The van der Waals surface area contributed by atoms with Crippen LogP contribution in [0, 0.1) is 0 Å². The van der Waals surface area contributed by atoms with Crippen molar-refractivity contribution < 1.29 is 25.2 Å². The Morgan fingerprint density at radius 1 is 0.957 bits per heavy atom. The van der Waals surface area contributed by atoms with Gasteiger partial charge in [0, 0.05) is 6.42 Å². The fourth-order valence-electron chi connectivity index (χ4n) is 2.18. The van der Waals surface area contributed by atoms with Crippen LogP contribution in [0.1, 0.15) is 64.7 Å². The molecule has 0 fully saturated rings. The normalized spacial score (nSPS) is 16.0. The molecule has 5 heteroatoms. The molecule has 0 rings (SSSR count). The SMILES string of the molecule is CC/C=C/CC(O)/C=C/C(O)C(O)CCCCCCCC(=O)O. The number of allylic oxidation sites excluding steroid dienone is 1. The van der Waals surface area contributed by atoms with Crippen LogP contribution in [0.25, 0.3) is 0 Å². The molecule has 5 nitrogen and oxygen atoms in total. The molecule has 0 radical (unpaired) electrons. The Morgan fingerprint density at radius 3 is 2.26 bits per heavy atom. The summed E-state index contributed by atoms with van der Waals surface area (Å²) in [5, 5.41) is 37.8. The van der Waals surface area contributed by atoms with Gasteiger partial charge in [-0.3, -0.25) is 4.79 Å². The third-order valence-electron chi connectivity index (χ3n) is 3.60. The molecule has 3 atom stereocenters. The van der Waals surface area contributed by atoms with E-state index in [9.17, 15) is 20.1 Å². The Morgan fingerprint density at radius 2 is 1.61 bits per heavy atom. The van der Waals surface area contributed by atoms with Crippen LogP contribution >= 0.6 is 0 Å². The smallest absolute Gasteiger partial charge is 0.303 e. The first-order chi connectivity index (χ1) is 11.0. The van der Waals surface area contributed by atoms with Crippen LogP contribution in [-0.2, 0) is 4.79 Å². The number of aliphatic hydroxyl groups excluding tert-OH is 3. The van der Waals surface area contributed by atoms with E-state index in [0.717, 1.165) is 32.1 Å². The van der Waals surface area contributed by atoms with Gasteiger partial charge in [-0.1, -0.05) is 56.9 Å². The summed E-state index contributed by atoms with van der Waals surface area (Å²) in [4.78, 5) is 10.3. The topological polar surface area (TPSA) is 98.0 Å². The highest BCUT2D eigenvalue weighted by atomic mass is 16.4. The van der Waals surface area contributed by atoms with Crippen LogP contribution in [0.5, 0.6) is 0 Å². The molecule has 4 N–H and O–H groups in total. The largest absolute Gasteiger partial charge is 0.481 e. The molecule has 0 aliphatic heterocycles. The number of carbonyl (C=O) groups is 1. The molecule has 0 saturated carbocycles. The van der Waals surface area contributed by atoms with Crippen molar-refractivity contribution in [3.05, 3.63) is 24.3 Å². The van der Waals surface area contributed by atoms with E-state index in [0.29, 0.717) is 19.3 Å². The van der Waals surface area contributed by atoms with Crippen LogP contribution in [-0.4, -0.2) is 44.7 Å². The van der Waals surface area contributed by atoms with E-state index in [2.05, 4.69) is 0 Å². The number of aliphatic carboxylic acids is 1. The fourth-order valence-corrected chi connectivity index (χ4v) is 2.18. The van der Waals surface area contributed by atoms with E-state index in [1.807, 2.05) is 19.1 Å². The van der Waals surface area contributed by atoms with Gasteiger partial charge in [-0.05, 0) is 25.7 Å². The lowest BCUT2D eigenvalue weighted by Crippen LogP contribution is -2.24. The van der Waals surface area contributed by atoms with Gasteiger partial charge in [0.05, 0.1) is 18.3 Å². The van der Waals surface area contributed by atoms with Crippen molar-refractivity contribution in [1.29, 1.82) is 0 Å². The average molecular weight is 328 g/mol. The molecule has 0 heterocycles. The van der Waals surface area contributed by atoms with Crippen molar-refractivity contribution in [2.75, 3.05) is 0 Å². The van der Waals surface area contributed by atoms with Gasteiger partial charge in [-0.25, -0.2) is 0 Å². The highest BCUT2D eigenvalue weighted by Crippen LogP contribution is 2.11. The zero-order valence-corrected chi connectivity index (χ0v) is 14.1. The summed E-state index contributed by atoms with van der Waals surface area (Å²) >= 11 is 0. The second-order valence-electron chi connectivity index (χ2n) is 5.83. The maximum atomic E-state index is 10.3. The Kier molecular flexibility index (Phi) is 13.7. The van der Waals surface area contributed by atoms with Crippen LogP contribution in [0.15, 0.2) is 24.3 Å². The quantitative estimate of drug-likeness (QED) is 0.290. The first kappa shape index (κ1) is 21.8. The Hall–Kier alpha value is -1.17. The van der Waals surface area contributed by atoms with Gasteiger partial charge in [0.15, 0.2) is 0 Å². The van der Waals surface area contributed by atoms with E-state index in [1.54, 1.807) is 0 Å². The second-order valence-corrected chi connectivity index (χ2v) is 5.83. The predicted molar refractivity (Wildman–Crippen MR) is 91.2 cm³/mol. The Bertz CT molecular complexity index is 351. The average Bonchev–Trinajstić information content (AvgIpc) is 2.51. The number of hydrogen-bond donors (Lipinski definition) is 4. The lowest BCUT2D eigenvalue weighted by atomic mass is 10.0. The van der Waals surface area contributed by atoms with Gasteiger partial charge in [0.25, 0.3) is 0 Å². The maximum absolute atomic E-state index is 10.3. The minimum atomic E-state index is -0.966. The molecule has 0 aliphatic rings. The zero-order chi connectivity index (χ0) is 17.5. The number of rotatable bonds is 14. The van der Waals surface area contributed by atoms with Crippen molar-refractivity contribution in [1.82, 2.24) is 0 Å². The maximum Gasteiger partial charge on any atom is 0.303 e. The van der Waals surface area contributed by atoms with Crippen LogP contribution in [0.3, 0.4) is 0 Å². The molecule has 0 aromatic heterocycles. The lowest BCUT2D eigenvalue weighted by molar-refractivity contribution is -0.137. The number of unbranched alkanes of at least 4 members (excludes halogenated alkanes) is 4. The van der Waals surface area contributed by atoms with Gasteiger partial charge in [0.2, 0.25) is 0 Å². The van der Waals surface area contributed by atoms with E-state index >= 15 is 0 Å². The van der Waals surface area contributed by atoms with Crippen molar-refractivity contribution in [2.45, 2.75) is 83.0 Å². The van der Waals surface area contributed by atoms with Crippen LogP contribution in [0.2, 0.25) is 0 Å².